The van der Waals surface area contributed by atoms with E-state index in [2.05, 4.69) is 92.1 Å². The van der Waals surface area contributed by atoms with Crippen LogP contribution in [0, 0.1) is 0 Å². The summed E-state index contributed by atoms with van der Waals surface area (Å²) in [5, 5.41) is 23.2. The Hall–Kier alpha value is -2.43. The van der Waals surface area contributed by atoms with Crippen LogP contribution in [-0.2, 0) is 4.79 Å². The number of aliphatic hydroxyl groups excluding tert-OH is 2. The van der Waals surface area contributed by atoms with Gasteiger partial charge in [0.05, 0.1) is 18.8 Å². The summed E-state index contributed by atoms with van der Waals surface area (Å²) in [6.07, 6.45) is 87.7. The zero-order valence-electron chi connectivity index (χ0n) is 46.1. The Morgan fingerprint density at radius 2 is 0.652 bits per heavy atom. The summed E-state index contributed by atoms with van der Waals surface area (Å²) in [5.41, 5.74) is 0. The van der Waals surface area contributed by atoms with E-state index in [9.17, 15) is 15.0 Å². The van der Waals surface area contributed by atoms with Crippen molar-refractivity contribution in [3.8, 4) is 0 Å². The zero-order chi connectivity index (χ0) is 49.9. The van der Waals surface area contributed by atoms with Crippen molar-refractivity contribution in [3.05, 3.63) is 85.1 Å². The maximum atomic E-state index is 12.5. The summed E-state index contributed by atoms with van der Waals surface area (Å²) in [5.74, 6) is -0.0709. The van der Waals surface area contributed by atoms with Crippen molar-refractivity contribution in [2.75, 3.05) is 6.61 Å². The van der Waals surface area contributed by atoms with Gasteiger partial charge >= 0.3 is 0 Å². The highest BCUT2D eigenvalue weighted by atomic mass is 16.3. The summed E-state index contributed by atoms with van der Waals surface area (Å²) in [6, 6.07) is -0.641. The first-order valence-electron chi connectivity index (χ1n) is 30.3. The fraction of sp³-hybridized carbons (Fsp3) is 0.769. The standard InChI is InChI=1S/C65H117NO3/c1-3-5-7-9-11-13-15-17-19-21-23-25-26-27-28-29-30-31-32-33-34-35-36-37-38-39-40-41-43-45-47-49-51-53-55-57-59-61-65(69)66-63(62-67)64(68)60-58-56-54-52-50-48-46-44-42-24-22-20-18-16-14-12-10-8-6-4-2/h5,7,11,13,17,19,23,25,27-28,50,52,58,60,63-64,67-68H,3-4,6,8-10,12,14-16,18,20-22,24,26,29-49,51,53-57,59,61-62H2,1-2H3,(H,66,69)/b7-5-,13-11-,19-17-,25-23-,28-27-,52-50+,60-58+. The van der Waals surface area contributed by atoms with Crippen molar-refractivity contribution in [1.82, 2.24) is 5.32 Å². The van der Waals surface area contributed by atoms with Gasteiger partial charge in [0, 0.05) is 6.42 Å². The first-order valence-corrected chi connectivity index (χ1v) is 30.3. The summed E-state index contributed by atoms with van der Waals surface area (Å²) in [7, 11) is 0. The second kappa shape index (κ2) is 59.9. The Morgan fingerprint density at radius 3 is 1.01 bits per heavy atom. The molecule has 69 heavy (non-hydrogen) atoms. The fourth-order valence-corrected chi connectivity index (χ4v) is 9.05. The molecule has 0 aromatic heterocycles. The molecule has 0 aromatic carbocycles. The highest BCUT2D eigenvalue weighted by molar-refractivity contribution is 5.76. The molecule has 0 radical (unpaired) electrons. The lowest BCUT2D eigenvalue weighted by molar-refractivity contribution is -0.123. The molecular weight excluding hydrogens is 843 g/mol. The number of carbonyl (C=O) groups is 1. The van der Waals surface area contributed by atoms with Gasteiger partial charge in [0.1, 0.15) is 0 Å². The quantitative estimate of drug-likeness (QED) is 0.0420. The molecule has 0 aliphatic rings. The molecule has 0 aliphatic carbocycles. The van der Waals surface area contributed by atoms with Crippen LogP contribution in [-0.4, -0.2) is 34.9 Å². The van der Waals surface area contributed by atoms with Crippen LogP contribution in [0.25, 0.3) is 0 Å². The third kappa shape index (κ3) is 56.4. The van der Waals surface area contributed by atoms with Gasteiger partial charge in [-0.25, -0.2) is 0 Å². The molecule has 2 unspecified atom stereocenters. The molecular formula is C65H117NO3. The maximum absolute atomic E-state index is 12.5. The topological polar surface area (TPSA) is 69.6 Å². The highest BCUT2D eigenvalue weighted by Gasteiger charge is 2.18. The average Bonchev–Trinajstić information content (AvgIpc) is 3.35. The first kappa shape index (κ1) is 66.6. The molecule has 2 atom stereocenters. The van der Waals surface area contributed by atoms with Gasteiger partial charge in [-0.1, -0.05) is 304 Å². The zero-order valence-corrected chi connectivity index (χ0v) is 46.1. The predicted octanol–water partition coefficient (Wildman–Crippen LogP) is 20.3. The van der Waals surface area contributed by atoms with E-state index in [-0.39, 0.29) is 12.5 Å². The lowest BCUT2D eigenvalue weighted by atomic mass is 10.0. The Labute approximate surface area is 431 Å². The SMILES string of the molecule is CC/C=C\C/C=C\C/C=C\C/C=C\C/C=C\CCCCCCCCCCCCCCCCCCCCCCCC(=O)NC(CO)C(O)/C=C/CC/C=C/CCCCCCCCCCCCCCCC. The lowest BCUT2D eigenvalue weighted by Gasteiger charge is -2.19. The normalized spacial score (nSPS) is 13.4. The molecule has 0 heterocycles. The number of allylic oxidation sites excluding steroid dienone is 13. The minimum absolute atomic E-state index is 0.0709. The van der Waals surface area contributed by atoms with Gasteiger partial charge in [0.25, 0.3) is 0 Å². The van der Waals surface area contributed by atoms with E-state index in [4.69, 9.17) is 0 Å². The van der Waals surface area contributed by atoms with Crippen LogP contribution in [0.4, 0.5) is 0 Å². The number of carbonyl (C=O) groups excluding carboxylic acids is 1. The van der Waals surface area contributed by atoms with E-state index in [0.29, 0.717) is 6.42 Å². The van der Waals surface area contributed by atoms with Gasteiger partial charge in [0.15, 0.2) is 0 Å². The van der Waals surface area contributed by atoms with Gasteiger partial charge in [-0.05, 0) is 77.0 Å². The smallest absolute Gasteiger partial charge is 0.220 e. The molecule has 400 valence electrons. The first-order chi connectivity index (χ1) is 34.2. The van der Waals surface area contributed by atoms with Crippen molar-refractivity contribution in [2.24, 2.45) is 0 Å². The molecule has 0 saturated heterocycles. The van der Waals surface area contributed by atoms with E-state index in [0.717, 1.165) is 64.2 Å². The van der Waals surface area contributed by atoms with Crippen LogP contribution < -0.4 is 5.32 Å². The van der Waals surface area contributed by atoms with Gasteiger partial charge < -0.3 is 15.5 Å². The third-order valence-electron chi connectivity index (χ3n) is 13.6. The van der Waals surface area contributed by atoms with E-state index in [1.165, 1.54) is 218 Å². The van der Waals surface area contributed by atoms with Crippen LogP contribution in [0.1, 0.15) is 303 Å². The van der Waals surface area contributed by atoms with E-state index >= 15 is 0 Å². The molecule has 0 bridgehead atoms. The van der Waals surface area contributed by atoms with Crippen molar-refractivity contribution < 1.29 is 15.0 Å². The molecule has 0 aromatic rings. The van der Waals surface area contributed by atoms with Crippen molar-refractivity contribution in [3.63, 3.8) is 0 Å². The summed E-state index contributed by atoms with van der Waals surface area (Å²) in [6.45, 7) is 4.20. The van der Waals surface area contributed by atoms with Crippen LogP contribution in [0.3, 0.4) is 0 Å². The van der Waals surface area contributed by atoms with Gasteiger partial charge in [-0.2, -0.15) is 0 Å². The van der Waals surface area contributed by atoms with Crippen LogP contribution >= 0.6 is 0 Å². The summed E-state index contributed by atoms with van der Waals surface area (Å²) >= 11 is 0. The van der Waals surface area contributed by atoms with Crippen molar-refractivity contribution in [2.45, 2.75) is 315 Å². The molecule has 1 amide bonds. The van der Waals surface area contributed by atoms with Crippen LogP contribution in [0.2, 0.25) is 0 Å². The number of hydrogen-bond acceptors (Lipinski definition) is 3. The van der Waals surface area contributed by atoms with Crippen molar-refractivity contribution >= 4 is 5.91 Å². The van der Waals surface area contributed by atoms with E-state index in [1.807, 2.05) is 6.08 Å². The Bertz CT molecular complexity index is 1230. The largest absolute Gasteiger partial charge is 0.394 e. The second-order valence-electron chi connectivity index (χ2n) is 20.4. The van der Waals surface area contributed by atoms with Crippen molar-refractivity contribution in [1.29, 1.82) is 0 Å². The summed E-state index contributed by atoms with van der Waals surface area (Å²) in [4.78, 5) is 12.5. The number of rotatable bonds is 55. The molecule has 4 heteroatoms. The molecule has 0 saturated carbocycles. The van der Waals surface area contributed by atoms with Crippen LogP contribution in [0.15, 0.2) is 85.1 Å². The number of aliphatic hydroxyl groups is 2. The molecule has 3 N–H and O–H groups in total. The average molecular weight is 961 g/mol. The minimum atomic E-state index is -0.864. The van der Waals surface area contributed by atoms with Gasteiger partial charge in [0.2, 0.25) is 5.91 Å². The molecule has 0 fully saturated rings. The predicted molar refractivity (Wildman–Crippen MR) is 308 cm³/mol. The molecule has 4 nitrogen and oxygen atoms in total. The van der Waals surface area contributed by atoms with Gasteiger partial charge in [-0.15, -0.1) is 0 Å². The second-order valence-corrected chi connectivity index (χ2v) is 20.4. The monoisotopic (exact) mass is 960 g/mol. The molecule has 0 rings (SSSR count). The number of nitrogens with one attached hydrogen (secondary N) is 1. The maximum Gasteiger partial charge on any atom is 0.220 e. The summed E-state index contributed by atoms with van der Waals surface area (Å²) < 4.78 is 0. The number of hydrogen-bond donors (Lipinski definition) is 3. The van der Waals surface area contributed by atoms with Gasteiger partial charge in [-0.3, -0.25) is 4.79 Å². The van der Waals surface area contributed by atoms with E-state index in [1.54, 1.807) is 6.08 Å². The number of amides is 1. The van der Waals surface area contributed by atoms with E-state index < -0.39 is 12.1 Å². The Balaban J connectivity index is 3.48. The Kier molecular flexibility index (Phi) is 57.8. The minimum Gasteiger partial charge on any atom is -0.394 e. The lowest BCUT2D eigenvalue weighted by Crippen LogP contribution is -2.45. The third-order valence-corrected chi connectivity index (χ3v) is 13.6. The molecule has 0 aliphatic heterocycles. The van der Waals surface area contributed by atoms with Crippen LogP contribution in [0.5, 0.6) is 0 Å². The highest BCUT2D eigenvalue weighted by Crippen LogP contribution is 2.17. The fourth-order valence-electron chi connectivity index (χ4n) is 9.05. The Morgan fingerprint density at radius 1 is 0.362 bits per heavy atom. The number of unbranched alkanes of at least 4 members (excludes halogenated alkanes) is 36. The molecule has 0 spiro atoms.